The Kier molecular flexibility index (Phi) is 8.83. The third-order valence-corrected chi connectivity index (χ3v) is 3.09. The SMILES string of the molecule is CCNC(=NCCOC)NCCc1ccc(OC)cc1OC. The lowest BCUT2D eigenvalue weighted by molar-refractivity contribution is 0.208. The zero-order chi connectivity index (χ0) is 16.2. The summed E-state index contributed by atoms with van der Waals surface area (Å²) in [6, 6.07) is 5.86. The molecule has 0 heterocycles. The second-order valence-corrected chi connectivity index (χ2v) is 4.61. The molecule has 124 valence electrons. The molecular formula is C16H27N3O3. The average molecular weight is 309 g/mol. The van der Waals surface area contributed by atoms with Crippen LogP contribution in [-0.4, -0.2) is 53.5 Å². The number of ether oxygens (including phenoxy) is 3. The maximum Gasteiger partial charge on any atom is 0.191 e. The Morgan fingerprint density at radius 3 is 2.59 bits per heavy atom. The summed E-state index contributed by atoms with van der Waals surface area (Å²) >= 11 is 0. The van der Waals surface area contributed by atoms with Crippen molar-refractivity contribution in [2.45, 2.75) is 13.3 Å². The number of hydrogen-bond donors (Lipinski definition) is 2. The molecule has 0 radical (unpaired) electrons. The van der Waals surface area contributed by atoms with Gasteiger partial charge in [-0.3, -0.25) is 4.99 Å². The molecule has 0 spiro atoms. The van der Waals surface area contributed by atoms with Gasteiger partial charge in [-0.25, -0.2) is 0 Å². The van der Waals surface area contributed by atoms with Gasteiger partial charge in [0.15, 0.2) is 5.96 Å². The molecule has 0 saturated heterocycles. The van der Waals surface area contributed by atoms with Gasteiger partial charge in [0.2, 0.25) is 0 Å². The number of benzene rings is 1. The molecule has 1 aromatic rings. The van der Waals surface area contributed by atoms with Crippen LogP contribution in [0, 0.1) is 0 Å². The summed E-state index contributed by atoms with van der Waals surface area (Å²) in [6.07, 6.45) is 0.835. The topological polar surface area (TPSA) is 64.1 Å². The smallest absolute Gasteiger partial charge is 0.191 e. The maximum absolute atomic E-state index is 5.40. The number of nitrogens with zero attached hydrogens (tertiary/aromatic N) is 1. The first-order valence-electron chi connectivity index (χ1n) is 7.47. The molecule has 0 aliphatic carbocycles. The summed E-state index contributed by atoms with van der Waals surface area (Å²) in [5.41, 5.74) is 1.13. The predicted octanol–water partition coefficient (Wildman–Crippen LogP) is 1.45. The van der Waals surface area contributed by atoms with Crippen LogP contribution in [0.4, 0.5) is 0 Å². The molecule has 22 heavy (non-hydrogen) atoms. The van der Waals surface area contributed by atoms with Crippen LogP contribution in [0.2, 0.25) is 0 Å². The standard InChI is InChI=1S/C16H27N3O3/c1-5-17-16(19-10-11-20-2)18-9-8-13-6-7-14(21-3)12-15(13)22-4/h6-7,12H,5,8-11H2,1-4H3,(H2,17,18,19). The first-order chi connectivity index (χ1) is 10.7. The second kappa shape index (κ2) is 10.7. The Hall–Kier alpha value is -1.95. The van der Waals surface area contributed by atoms with Crippen molar-refractivity contribution in [3.8, 4) is 11.5 Å². The minimum Gasteiger partial charge on any atom is -0.497 e. The van der Waals surface area contributed by atoms with Gasteiger partial charge in [0.05, 0.1) is 27.4 Å². The lowest BCUT2D eigenvalue weighted by atomic mass is 10.1. The van der Waals surface area contributed by atoms with Crippen molar-refractivity contribution in [2.24, 2.45) is 4.99 Å². The van der Waals surface area contributed by atoms with E-state index in [4.69, 9.17) is 14.2 Å². The van der Waals surface area contributed by atoms with Gasteiger partial charge in [-0.1, -0.05) is 6.07 Å². The van der Waals surface area contributed by atoms with Gasteiger partial charge in [0.1, 0.15) is 11.5 Å². The van der Waals surface area contributed by atoms with E-state index in [1.807, 2.05) is 25.1 Å². The van der Waals surface area contributed by atoms with Gasteiger partial charge < -0.3 is 24.8 Å². The van der Waals surface area contributed by atoms with E-state index >= 15 is 0 Å². The molecule has 0 amide bonds. The largest absolute Gasteiger partial charge is 0.497 e. The highest BCUT2D eigenvalue weighted by atomic mass is 16.5. The van der Waals surface area contributed by atoms with Crippen molar-refractivity contribution in [3.63, 3.8) is 0 Å². The molecule has 0 bridgehead atoms. The fraction of sp³-hybridized carbons (Fsp3) is 0.562. The molecule has 0 aromatic heterocycles. The fourth-order valence-corrected chi connectivity index (χ4v) is 1.96. The number of rotatable bonds is 9. The van der Waals surface area contributed by atoms with Crippen molar-refractivity contribution in [3.05, 3.63) is 23.8 Å². The molecule has 6 nitrogen and oxygen atoms in total. The van der Waals surface area contributed by atoms with Gasteiger partial charge in [-0.2, -0.15) is 0 Å². The van der Waals surface area contributed by atoms with Crippen molar-refractivity contribution in [1.82, 2.24) is 10.6 Å². The summed E-state index contributed by atoms with van der Waals surface area (Å²) in [4.78, 5) is 4.42. The molecule has 2 N–H and O–H groups in total. The van der Waals surface area contributed by atoms with Crippen LogP contribution in [0.15, 0.2) is 23.2 Å². The zero-order valence-electron chi connectivity index (χ0n) is 13.9. The van der Waals surface area contributed by atoms with E-state index in [-0.39, 0.29) is 0 Å². The molecule has 0 aliphatic heterocycles. The van der Waals surface area contributed by atoms with E-state index in [2.05, 4.69) is 15.6 Å². The average Bonchev–Trinajstić information content (AvgIpc) is 2.55. The third kappa shape index (κ3) is 6.22. The van der Waals surface area contributed by atoms with Gasteiger partial charge in [0, 0.05) is 26.3 Å². The quantitative estimate of drug-likeness (QED) is 0.411. The number of methoxy groups -OCH3 is 3. The molecule has 1 rings (SSSR count). The van der Waals surface area contributed by atoms with E-state index in [9.17, 15) is 0 Å². The van der Waals surface area contributed by atoms with Gasteiger partial charge >= 0.3 is 0 Å². The monoisotopic (exact) mass is 309 g/mol. The highest BCUT2D eigenvalue weighted by Crippen LogP contribution is 2.24. The summed E-state index contributed by atoms with van der Waals surface area (Å²) in [6.45, 7) is 4.88. The van der Waals surface area contributed by atoms with Gasteiger partial charge in [-0.15, -0.1) is 0 Å². The Labute approximate surface area is 132 Å². The van der Waals surface area contributed by atoms with Gasteiger partial charge in [0.25, 0.3) is 0 Å². The molecule has 1 aromatic carbocycles. The highest BCUT2D eigenvalue weighted by molar-refractivity contribution is 5.79. The Bertz CT molecular complexity index is 464. The van der Waals surface area contributed by atoms with Crippen molar-refractivity contribution in [1.29, 1.82) is 0 Å². The molecule has 0 saturated carbocycles. The third-order valence-electron chi connectivity index (χ3n) is 3.09. The van der Waals surface area contributed by atoms with E-state index < -0.39 is 0 Å². The van der Waals surface area contributed by atoms with Gasteiger partial charge in [-0.05, 0) is 25.0 Å². The molecular weight excluding hydrogens is 282 g/mol. The Balaban J connectivity index is 2.55. The van der Waals surface area contributed by atoms with Crippen molar-refractivity contribution in [2.75, 3.05) is 47.6 Å². The van der Waals surface area contributed by atoms with Crippen LogP contribution in [-0.2, 0) is 11.2 Å². The maximum atomic E-state index is 5.40. The van der Waals surface area contributed by atoms with E-state index in [0.717, 1.165) is 42.5 Å². The fourth-order valence-electron chi connectivity index (χ4n) is 1.96. The number of guanidine groups is 1. The van der Waals surface area contributed by atoms with Crippen LogP contribution < -0.4 is 20.1 Å². The minimum absolute atomic E-state index is 0.614. The first kappa shape index (κ1) is 18.1. The molecule has 0 aliphatic rings. The summed E-state index contributed by atoms with van der Waals surface area (Å²) in [5.74, 6) is 2.43. The molecule has 6 heteroatoms. The molecule has 0 atom stereocenters. The van der Waals surface area contributed by atoms with Crippen LogP contribution in [0.1, 0.15) is 12.5 Å². The number of hydrogen-bond acceptors (Lipinski definition) is 4. The van der Waals surface area contributed by atoms with Crippen LogP contribution in [0.25, 0.3) is 0 Å². The van der Waals surface area contributed by atoms with Crippen LogP contribution >= 0.6 is 0 Å². The highest BCUT2D eigenvalue weighted by Gasteiger charge is 2.05. The minimum atomic E-state index is 0.614. The molecule has 0 fully saturated rings. The lowest BCUT2D eigenvalue weighted by Gasteiger charge is -2.13. The lowest BCUT2D eigenvalue weighted by Crippen LogP contribution is -2.38. The zero-order valence-corrected chi connectivity index (χ0v) is 13.9. The van der Waals surface area contributed by atoms with E-state index in [0.29, 0.717) is 13.2 Å². The van der Waals surface area contributed by atoms with Crippen LogP contribution in [0.5, 0.6) is 11.5 Å². The Morgan fingerprint density at radius 1 is 1.14 bits per heavy atom. The van der Waals surface area contributed by atoms with E-state index in [1.54, 1.807) is 21.3 Å². The molecule has 0 unspecified atom stereocenters. The summed E-state index contributed by atoms with van der Waals surface area (Å²) in [5, 5.41) is 6.51. The predicted molar refractivity (Wildman–Crippen MR) is 89.1 cm³/mol. The summed E-state index contributed by atoms with van der Waals surface area (Å²) in [7, 11) is 4.99. The normalized spacial score (nSPS) is 11.2. The van der Waals surface area contributed by atoms with Crippen molar-refractivity contribution >= 4 is 5.96 Å². The number of nitrogens with one attached hydrogen (secondary N) is 2. The number of aliphatic imine (C=N–C) groups is 1. The van der Waals surface area contributed by atoms with Crippen LogP contribution in [0.3, 0.4) is 0 Å². The first-order valence-corrected chi connectivity index (χ1v) is 7.47. The second-order valence-electron chi connectivity index (χ2n) is 4.61. The summed E-state index contributed by atoms with van der Waals surface area (Å²) < 4.78 is 15.6. The van der Waals surface area contributed by atoms with E-state index in [1.165, 1.54) is 0 Å². The Morgan fingerprint density at radius 2 is 1.95 bits per heavy atom. The van der Waals surface area contributed by atoms with Crippen molar-refractivity contribution < 1.29 is 14.2 Å².